The van der Waals surface area contributed by atoms with Crippen LogP contribution in [0.2, 0.25) is 0 Å². The number of benzene rings is 3. The second-order valence-electron chi connectivity index (χ2n) is 19.2. The van der Waals surface area contributed by atoms with E-state index in [2.05, 4.69) is 10.6 Å². The van der Waals surface area contributed by atoms with Crippen molar-refractivity contribution in [1.29, 1.82) is 0 Å². The van der Waals surface area contributed by atoms with E-state index in [0.717, 1.165) is 37.1 Å². The quantitative estimate of drug-likeness (QED) is 0.206. The molecule has 3 atom stereocenters. The molecule has 12 nitrogen and oxygen atoms in total. The number of carbonyl (C=O) groups excluding carboxylic acids is 4. The molecule has 5 aliphatic rings. The van der Waals surface area contributed by atoms with E-state index in [-0.39, 0.29) is 28.2 Å². The van der Waals surface area contributed by atoms with Crippen LogP contribution in [0.5, 0.6) is 5.75 Å². The molecule has 4 heterocycles. The molecule has 14 heteroatoms. The molecule has 0 bridgehead atoms. The summed E-state index contributed by atoms with van der Waals surface area (Å²) in [5.41, 5.74) is 1.65. The van der Waals surface area contributed by atoms with Gasteiger partial charge in [0.25, 0.3) is 0 Å². The molecule has 310 valence electrons. The molecule has 2 saturated carbocycles. The van der Waals surface area contributed by atoms with Gasteiger partial charge in [0.15, 0.2) is 0 Å². The predicted octanol–water partition coefficient (Wildman–Crippen LogP) is 8.98. The number of fused-ring (bicyclic) bond motifs is 5. The van der Waals surface area contributed by atoms with E-state index in [9.17, 15) is 28.0 Å². The first-order chi connectivity index (χ1) is 27.8. The van der Waals surface area contributed by atoms with Crippen LogP contribution in [0.1, 0.15) is 91.9 Å². The van der Waals surface area contributed by atoms with Crippen LogP contribution in [0.15, 0.2) is 60.7 Å². The summed E-state index contributed by atoms with van der Waals surface area (Å²) in [7, 11) is 0. The number of carbonyl (C=O) groups is 4. The number of nitrogens with zero attached hydrogens (tertiary/aromatic N) is 3. The van der Waals surface area contributed by atoms with E-state index in [4.69, 9.17) is 14.2 Å². The molecule has 4 aromatic rings. The Hall–Kier alpha value is -5.66. The van der Waals surface area contributed by atoms with Crippen molar-refractivity contribution >= 4 is 46.3 Å². The smallest absolute Gasteiger partial charge is 0.410 e. The van der Waals surface area contributed by atoms with Crippen molar-refractivity contribution in [2.24, 2.45) is 10.8 Å². The first-order valence-electron chi connectivity index (χ1n) is 20.3. The van der Waals surface area contributed by atoms with Crippen molar-refractivity contribution in [3.8, 4) is 17.0 Å². The number of hydrogen-bond acceptors (Lipinski definition) is 7. The summed E-state index contributed by atoms with van der Waals surface area (Å²) in [4.78, 5) is 57.1. The minimum atomic E-state index is -1.01. The van der Waals surface area contributed by atoms with Crippen molar-refractivity contribution in [1.82, 2.24) is 14.4 Å². The third-order valence-corrected chi connectivity index (χ3v) is 12.1. The minimum Gasteiger partial charge on any atom is -0.465 e. The van der Waals surface area contributed by atoms with Crippen molar-refractivity contribution in [2.75, 3.05) is 23.7 Å². The Kier molecular flexibility index (Phi) is 8.84. The van der Waals surface area contributed by atoms with Crippen molar-refractivity contribution in [2.45, 2.75) is 110 Å². The summed E-state index contributed by atoms with van der Waals surface area (Å²) in [6.07, 6.45) is 2.87. The minimum absolute atomic E-state index is 0.0535. The van der Waals surface area contributed by atoms with E-state index in [1.54, 1.807) is 64.6 Å². The van der Waals surface area contributed by atoms with Gasteiger partial charge in [0.1, 0.15) is 40.7 Å². The van der Waals surface area contributed by atoms with Crippen LogP contribution in [-0.2, 0) is 19.1 Å². The van der Waals surface area contributed by atoms with Crippen molar-refractivity contribution in [3.05, 3.63) is 77.9 Å². The van der Waals surface area contributed by atoms with E-state index in [1.165, 1.54) is 17.0 Å². The fraction of sp³-hybridized carbons (Fsp3) is 0.467. The van der Waals surface area contributed by atoms with Gasteiger partial charge >= 0.3 is 12.2 Å². The molecule has 2 spiro atoms. The third kappa shape index (κ3) is 7.57. The molecule has 2 aliphatic carbocycles. The van der Waals surface area contributed by atoms with E-state index < -0.39 is 53.3 Å². The molecule has 0 radical (unpaired) electrons. The summed E-state index contributed by atoms with van der Waals surface area (Å²) in [5, 5.41) is 6.73. The van der Waals surface area contributed by atoms with Gasteiger partial charge in [0.2, 0.25) is 18.0 Å². The van der Waals surface area contributed by atoms with Crippen LogP contribution in [0.4, 0.5) is 29.7 Å². The average Bonchev–Trinajstić information content (AvgIpc) is 3.92. The number of anilines is 2. The first-order valence-corrected chi connectivity index (χ1v) is 20.3. The molecule has 3 aromatic carbocycles. The van der Waals surface area contributed by atoms with Gasteiger partial charge in [-0.3, -0.25) is 19.4 Å². The fourth-order valence-electron chi connectivity index (χ4n) is 8.93. The van der Waals surface area contributed by atoms with E-state index in [0.29, 0.717) is 59.8 Å². The highest BCUT2D eigenvalue weighted by Gasteiger charge is 2.57. The largest absolute Gasteiger partial charge is 0.465 e. The number of hydrogen-bond donors (Lipinski definition) is 2. The average molecular weight is 810 g/mol. The molecule has 59 heavy (non-hydrogen) atoms. The lowest BCUT2D eigenvalue weighted by Gasteiger charge is -2.31. The molecule has 4 fully saturated rings. The molecular formula is C45H49F2N5O7. The molecule has 9 rings (SSSR count). The third-order valence-electron chi connectivity index (χ3n) is 12.1. The number of likely N-dealkylation sites (tertiary alicyclic amines) is 2. The Balaban J connectivity index is 1.01. The van der Waals surface area contributed by atoms with Crippen LogP contribution < -0.4 is 15.4 Å². The summed E-state index contributed by atoms with van der Waals surface area (Å²) in [6.45, 7) is 11.7. The van der Waals surface area contributed by atoms with Gasteiger partial charge in [0, 0.05) is 53.1 Å². The van der Waals surface area contributed by atoms with Gasteiger partial charge in [-0.25, -0.2) is 18.4 Å². The molecule has 1 unspecified atom stereocenters. The molecule has 4 amide bonds. The second kappa shape index (κ2) is 13.4. The monoisotopic (exact) mass is 809 g/mol. The van der Waals surface area contributed by atoms with Crippen LogP contribution >= 0.6 is 0 Å². The number of nitrogens with one attached hydrogen (secondary N) is 2. The maximum atomic E-state index is 14.7. The lowest BCUT2D eigenvalue weighted by Crippen LogP contribution is -2.45. The molecule has 3 aliphatic heterocycles. The van der Waals surface area contributed by atoms with E-state index >= 15 is 0 Å². The predicted molar refractivity (Wildman–Crippen MR) is 216 cm³/mol. The van der Waals surface area contributed by atoms with Crippen LogP contribution in [0.25, 0.3) is 22.2 Å². The van der Waals surface area contributed by atoms with Crippen LogP contribution in [0.3, 0.4) is 0 Å². The fourth-order valence-corrected chi connectivity index (χ4v) is 8.93. The highest BCUT2D eigenvalue weighted by Crippen LogP contribution is 2.56. The molecule has 2 N–H and O–H groups in total. The highest BCUT2D eigenvalue weighted by molar-refractivity contribution is 6.00. The molecular weight excluding hydrogens is 761 g/mol. The number of rotatable bonds is 5. The Morgan fingerprint density at radius 2 is 1.20 bits per heavy atom. The standard InChI is InChI=1S/C45H49F2N5O7/c1-42(2,3)58-40(55)50-23-44(11-12-44)21-34(50)37(53)48-29-8-10-32-25(17-29)18-33-31-9-7-30(20-36(31)57-39(52(32)33)26-15-27(46)19-28(47)16-26)49-38(54)35-22-45(13-14-45)24-51(35)41(56)59-43(4,5)6/h7-10,15-20,34-35,39H,11-14,21-24H2,1-6H3,(H,48,53)(H,49,54)/t34-,35-,39?/m0/s1. The number of ether oxygens (including phenoxy) is 3. The SMILES string of the molecule is CC(C)(C)OC(=O)N1CC2(CC2)C[C@H]1C(=O)Nc1ccc2c(c1)OC(c1cc(F)cc(F)c1)n1c-2cc2cc(NC(=O)[C@@H]3CC4(CC4)CN3C(=O)OC(C)(C)C)ccc21. The van der Waals surface area contributed by atoms with Gasteiger partial charge < -0.3 is 29.4 Å². The van der Waals surface area contributed by atoms with Gasteiger partial charge in [0.05, 0.1) is 11.2 Å². The highest BCUT2D eigenvalue weighted by atomic mass is 19.1. The van der Waals surface area contributed by atoms with Crippen molar-refractivity contribution in [3.63, 3.8) is 0 Å². The van der Waals surface area contributed by atoms with Gasteiger partial charge in [-0.1, -0.05) is 0 Å². The topological polar surface area (TPSA) is 131 Å². The zero-order valence-corrected chi connectivity index (χ0v) is 34.1. The maximum Gasteiger partial charge on any atom is 0.410 e. The normalized spacial score (nSPS) is 22.1. The maximum absolute atomic E-state index is 14.7. The van der Waals surface area contributed by atoms with Gasteiger partial charge in [-0.2, -0.15) is 0 Å². The lowest BCUT2D eigenvalue weighted by molar-refractivity contribution is -0.121. The molecule has 2 saturated heterocycles. The Morgan fingerprint density at radius 1 is 0.695 bits per heavy atom. The lowest BCUT2D eigenvalue weighted by atomic mass is 10.0. The van der Waals surface area contributed by atoms with Gasteiger partial charge in [-0.15, -0.1) is 0 Å². The van der Waals surface area contributed by atoms with Crippen LogP contribution in [-0.4, -0.2) is 74.7 Å². The number of aromatic nitrogens is 1. The van der Waals surface area contributed by atoms with Gasteiger partial charge in [-0.05, 0) is 139 Å². The van der Waals surface area contributed by atoms with E-state index in [1.807, 2.05) is 28.8 Å². The number of halogens is 2. The zero-order chi connectivity index (χ0) is 41.8. The molecule has 1 aromatic heterocycles. The summed E-state index contributed by atoms with van der Waals surface area (Å²) in [6, 6.07) is 14.4. The zero-order valence-electron chi connectivity index (χ0n) is 34.1. The summed E-state index contributed by atoms with van der Waals surface area (Å²) < 4.78 is 49.2. The van der Waals surface area contributed by atoms with Crippen LogP contribution in [0, 0.1) is 22.5 Å². The van der Waals surface area contributed by atoms with Crippen molar-refractivity contribution < 1.29 is 42.2 Å². The summed E-state index contributed by atoms with van der Waals surface area (Å²) in [5.74, 6) is -1.81. The first kappa shape index (κ1) is 38.8. The Morgan fingerprint density at radius 3 is 1.71 bits per heavy atom. The Labute approximate surface area is 341 Å². The summed E-state index contributed by atoms with van der Waals surface area (Å²) >= 11 is 0. The Bertz CT molecular complexity index is 2400. The number of amides is 4. The second-order valence-corrected chi connectivity index (χ2v) is 19.2.